The molecule has 0 aromatic heterocycles. The second-order valence-electron chi connectivity index (χ2n) is 9.73. The molecular formula is C27H31N3O5. The van der Waals surface area contributed by atoms with E-state index in [1.165, 1.54) is 4.90 Å². The third-order valence-electron chi connectivity index (χ3n) is 5.82. The van der Waals surface area contributed by atoms with Gasteiger partial charge in [0.2, 0.25) is 11.8 Å². The molecule has 2 aromatic rings. The summed E-state index contributed by atoms with van der Waals surface area (Å²) < 4.78 is 11.7. The molecule has 5 rings (SSSR count). The van der Waals surface area contributed by atoms with Crippen molar-refractivity contribution in [3.8, 4) is 5.75 Å². The van der Waals surface area contributed by atoms with Crippen LogP contribution < -0.4 is 15.4 Å². The van der Waals surface area contributed by atoms with Crippen molar-refractivity contribution in [1.82, 2.24) is 15.5 Å². The van der Waals surface area contributed by atoms with Crippen molar-refractivity contribution in [3.63, 3.8) is 0 Å². The zero-order chi connectivity index (χ0) is 25.0. The number of hydrogen-bond donors (Lipinski definition) is 2. The van der Waals surface area contributed by atoms with Crippen molar-refractivity contribution in [2.24, 2.45) is 0 Å². The summed E-state index contributed by atoms with van der Waals surface area (Å²) in [7, 11) is 0. The molecule has 0 radical (unpaired) electrons. The van der Waals surface area contributed by atoms with Gasteiger partial charge in [0.05, 0.1) is 0 Å². The summed E-state index contributed by atoms with van der Waals surface area (Å²) >= 11 is 0. The van der Waals surface area contributed by atoms with Crippen LogP contribution >= 0.6 is 0 Å². The van der Waals surface area contributed by atoms with Gasteiger partial charge in [-0.15, -0.1) is 0 Å². The second kappa shape index (κ2) is 10.2. The van der Waals surface area contributed by atoms with E-state index in [0.717, 1.165) is 11.1 Å². The van der Waals surface area contributed by atoms with Gasteiger partial charge in [0.15, 0.2) is 6.04 Å². The molecule has 8 nitrogen and oxygen atoms in total. The van der Waals surface area contributed by atoms with Crippen LogP contribution in [0, 0.1) is 0 Å². The van der Waals surface area contributed by atoms with Gasteiger partial charge in [0.25, 0.3) is 0 Å². The first-order valence-corrected chi connectivity index (χ1v) is 11.8. The molecule has 3 amide bonds. The number of benzene rings is 2. The monoisotopic (exact) mass is 477 g/mol. The largest absolute Gasteiger partial charge is 0.488 e. The van der Waals surface area contributed by atoms with Crippen LogP contribution in [-0.4, -0.2) is 53.1 Å². The van der Waals surface area contributed by atoms with Crippen molar-refractivity contribution in [3.05, 3.63) is 71.9 Å². The molecule has 0 saturated carbocycles. The fourth-order valence-electron chi connectivity index (χ4n) is 4.19. The number of likely N-dealkylation sites (tertiary alicyclic amines) is 1. The Balaban J connectivity index is 1.67. The normalized spacial score (nSPS) is 23.4. The number of rotatable bonds is 2. The number of amides is 3. The maximum Gasteiger partial charge on any atom is 0.411 e. The van der Waals surface area contributed by atoms with Gasteiger partial charge in [-0.1, -0.05) is 42.5 Å². The molecule has 0 unspecified atom stereocenters. The second-order valence-corrected chi connectivity index (χ2v) is 9.73. The summed E-state index contributed by atoms with van der Waals surface area (Å²) in [6.45, 7) is 5.63. The summed E-state index contributed by atoms with van der Waals surface area (Å²) in [6.07, 6.45) is 2.90. The van der Waals surface area contributed by atoms with E-state index >= 15 is 0 Å². The van der Waals surface area contributed by atoms with Gasteiger partial charge in [-0.3, -0.25) is 14.5 Å². The predicted molar refractivity (Wildman–Crippen MR) is 131 cm³/mol. The van der Waals surface area contributed by atoms with Gasteiger partial charge < -0.3 is 20.1 Å². The molecule has 0 spiro atoms. The summed E-state index contributed by atoms with van der Waals surface area (Å²) in [5.74, 6) is -0.226. The first kappa shape index (κ1) is 24.3. The van der Waals surface area contributed by atoms with E-state index in [1.54, 1.807) is 45.2 Å². The predicted octanol–water partition coefficient (Wildman–Crippen LogP) is 3.27. The highest BCUT2D eigenvalue weighted by Crippen LogP contribution is 2.27. The highest BCUT2D eigenvalue weighted by atomic mass is 16.6. The summed E-state index contributed by atoms with van der Waals surface area (Å²) in [5, 5.41) is 5.63. The Morgan fingerprint density at radius 2 is 1.77 bits per heavy atom. The molecule has 35 heavy (non-hydrogen) atoms. The molecule has 2 bridgehead atoms. The van der Waals surface area contributed by atoms with Crippen molar-refractivity contribution in [2.45, 2.75) is 57.4 Å². The lowest BCUT2D eigenvalue weighted by atomic mass is 10.0. The molecule has 8 heteroatoms. The number of hydrogen-bond acceptors (Lipinski definition) is 5. The Hall–Kier alpha value is -3.81. The van der Waals surface area contributed by atoms with Gasteiger partial charge >= 0.3 is 6.09 Å². The maximum absolute atomic E-state index is 13.6. The molecule has 3 aliphatic rings. The molecule has 2 aromatic carbocycles. The first-order valence-electron chi connectivity index (χ1n) is 11.8. The van der Waals surface area contributed by atoms with E-state index in [9.17, 15) is 14.4 Å². The molecule has 3 aliphatic heterocycles. The maximum atomic E-state index is 13.6. The van der Waals surface area contributed by atoms with Crippen LogP contribution in [0.25, 0.3) is 6.08 Å². The van der Waals surface area contributed by atoms with Crippen LogP contribution in [0.3, 0.4) is 0 Å². The molecule has 184 valence electrons. The summed E-state index contributed by atoms with van der Waals surface area (Å²) in [6, 6.07) is 15.0. The van der Waals surface area contributed by atoms with Crippen LogP contribution in [-0.2, 0) is 20.7 Å². The van der Waals surface area contributed by atoms with Crippen LogP contribution in [0.15, 0.2) is 60.8 Å². The number of nitrogens with zero attached hydrogens (tertiary/aromatic N) is 1. The number of carbonyl (C=O) groups excluding carboxylic acids is 3. The van der Waals surface area contributed by atoms with Gasteiger partial charge in [-0.2, -0.15) is 0 Å². The first-order chi connectivity index (χ1) is 16.7. The molecular weight excluding hydrogens is 446 g/mol. The van der Waals surface area contributed by atoms with Gasteiger partial charge in [-0.25, -0.2) is 4.79 Å². The molecule has 3 atom stereocenters. The molecule has 3 heterocycles. The van der Waals surface area contributed by atoms with E-state index < -0.39 is 35.8 Å². The van der Waals surface area contributed by atoms with Gasteiger partial charge in [-0.05, 0) is 50.1 Å². The van der Waals surface area contributed by atoms with Gasteiger partial charge in [0, 0.05) is 25.6 Å². The Bertz CT molecular complexity index is 1090. The van der Waals surface area contributed by atoms with Gasteiger partial charge in [0.1, 0.15) is 23.5 Å². The van der Waals surface area contributed by atoms with E-state index in [4.69, 9.17) is 9.47 Å². The SMILES string of the molecule is CC(C)(C)OC(=O)N1CC[C@@H]2Oc3ccc(cc3)/C=C/NC(=O)[C@H](Cc3ccccc3)NC(=O)[C@H]21. The number of ether oxygens (including phenoxy) is 2. The Kier molecular flexibility index (Phi) is 7.10. The van der Waals surface area contributed by atoms with Crippen molar-refractivity contribution < 1.29 is 23.9 Å². The average Bonchev–Trinajstić information content (AvgIpc) is 3.22. The zero-order valence-corrected chi connectivity index (χ0v) is 20.2. The van der Waals surface area contributed by atoms with E-state index in [0.29, 0.717) is 25.1 Å². The van der Waals surface area contributed by atoms with Crippen LogP contribution in [0.5, 0.6) is 5.75 Å². The summed E-state index contributed by atoms with van der Waals surface area (Å²) in [4.78, 5) is 41.0. The fourth-order valence-corrected chi connectivity index (χ4v) is 4.19. The fraction of sp³-hybridized carbons (Fsp3) is 0.370. The number of fused-ring (bicyclic) bond motifs is 7. The topological polar surface area (TPSA) is 97.0 Å². The quantitative estimate of drug-likeness (QED) is 0.692. The molecule has 0 aliphatic carbocycles. The molecule has 2 N–H and O–H groups in total. The minimum Gasteiger partial charge on any atom is -0.488 e. The van der Waals surface area contributed by atoms with Crippen LogP contribution in [0.2, 0.25) is 0 Å². The highest BCUT2D eigenvalue weighted by molar-refractivity contribution is 5.92. The Morgan fingerprint density at radius 1 is 1.06 bits per heavy atom. The van der Waals surface area contributed by atoms with Crippen molar-refractivity contribution >= 4 is 24.0 Å². The lowest BCUT2D eigenvalue weighted by molar-refractivity contribution is -0.132. The van der Waals surface area contributed by atoms with E-state index in [1.807, 2.05) is 42.5 Å². The van der Waals surface area contributed by atoms with Crippen LogP contribution in [0.1, 0.15) is 38.3 Å². The average molecular weight is 478 g/mol. The third-order valence-corrected chi connectivity index (χ3v) is 5.82. The van der Waals surface area contributed by atoms with Crippen molar-refractivity contribution in [2.75, 3.05) is 6.54 Å². The van der Waals surface area contributed by atoms with Crippen molar-refractivity contribution in [1.29, 1.82) is 0 Å². The summed E-state index contributed by atoms with van der Waals surface area (Å²) in [5.41, 5.74) is 1.07. The Morgan fingerprint density at radius 3 is 2.46 bits per heavy atom. The third kappa shape index (κ3) is 6.20. The van der Waals surface area contributed by atoms with E-state index in [-0.39, 0.29) is 5.91 Å². The smallest absolute Gasteiger partial charge is 0.411 e. The lowest BCUT2D eigenvalue weighted by Crippen LogP contribution is -2.57. The minimum atomic E-state index is -0.950. The van der Waals surface area contributed by atoms with E-state index in [2.05, 4.69) is 10.6 Å². The zero-order valence-electron chi connectivity index (χ0n) is 20.2. The standard InChI is InChI=1S/C27H31N3O5/c1-27(2,3)35-26(33)30-16-14-22-23(30)25(32)29-21(17-19-7-5-4-6-8-19)24(31)28-15-13-18-9-11-20(34-22)12-10-18/h4-13,15,21-23H,14,16-17H2,1-3H3,(H,28,31)(H,29,32)/b15-13+/t21-,22-,23-/m0/s1. The highest BCUT2D eigenvalue weighted by Gasteiger charge is 2.46. The lowest BCUT2D eigenvalue weighted by Gasteiger charge is -2.31. The number of nitrogens with one attached hydrogen (secondary N) is 2. The van der Waals surface area contributed by atoms with Crippen LogP contribution in [0.4, 0.5) is 4.79 Å². The minimum absolute atomic E-state index is 0.296. The molecule has 1 saturated heterocycles. The molecule has 1 fully saturated rings. The Labute approximate surface area is 205 Å². The number of carbonyl (C=O) groups is 3.